The van der Waals surface area contributed by atoms with E-state index in [4.69, 9.17) is 0 Å². The highest BCUT2D eigenvalue weighted by molar-refractivity contribution is 5.75. The lowest BCUT2D eigenvalue weighted by atomic mass is 16.0. The third-order valence-electron chi connectivity index (χ3n) is 0. The summed E-state index contributed by atoms with van der Waals surface area (Å²) >= 11 is 0. The van der Waals surface area contributed by atoms with Gasteiger partial charge < -0.3 is 27.4 Å². The van der Waals surface area contributed by atoms with Crippen molar-refractivity contribution in [1.29, 1.82) is 0 Å². The lowest BCUT2D eigenvalue weighted by Gasteiger charge is -0.413. The van der Waals surface area contributed by atoms with Crippen LogP contribution >= 0.6 is 0 Å². The molecule has 10 N–H and O–H groups in total. The molecule has 0 atom stereocenters. The molecular weight excluding hydrogens is 107 g/mol. The van der Waals surface area contributed by atoms with Crippen LogP contribution in [0.4, 0.5) is 0 Å². The molecule has 0 saturated heterocycles. The predicted octanol–water partition coefficient (Wildman–Crippen LogP) is -5.31. The topological polar surface area (TPSA) is 158 Å². The smallest absolute Gasteiger partial charge is 0.187 e. The van der Waals surface area contributed by atoms with Gasteiger partial charge >= 0.3 is 0 Å². The summed E-state index contributed by atoms with van der Waals surface area (Å²) in [7, 11) is 0. The van der Waals surface area contributed by atoms with Crippen molar-refractivity contribution in [3.63, 3.8) is 0 Å². The van der Waals surface area contributed by atoms with E-state index < -0.39 is 0 Å². The SMILES string of the molecule is O.O.O.O.O.[AlH3]. The average molecular weight is 120 g/mol. The van der Waals surface area contributed by atoms with Gasteiger partial charge in [-0.1, -0.05) is 0 Å². The maximum Gasteiger partial charge on any atom is 0.187 e. The molecule has 5 nitrogen and oxygen atoms in total. The Morgan fingerprint density at radius 2 is 0.333 bits per heavy atom. The van der Waals surface area contributed by atoms with Gasteiger partial charge in [0.25, 0.3) is 0 Å². The molecule has 0 unspecified atom stereocenters. The number of hydrogen-bond acceptors (Lipinski definition) is 0. The van der Waals surface area contributed by atoms with E-state index in [1.165, 1.54) is 0 Å². The molecule has 6 heavy (non-hydrogen) atoms. The first-order valence-electron chi connectivity index (χ1n) is 0. The molecule has 0 amide bonds. The first-order valence-corrected chi connectivity index (χ1v) is 0. The van der Waals surface area contributed by atoms with Gasteiger partial charge in [-0.3, -0.25) is 0 Å². The Bertz CT molecular complexity index is 3.90. The fourth-order valence-electron chi connectivity index (χ4n) is 0. The van der Waals surface area contributed by atoms with Crippen molar-refractivity contribution in [3.05, 3.63) is 0 Å². The Balaban J connectivity index is 0. The highest BCUT2D eigenvalue weighted by Crippen LogP contribution is -0.285. The van der Waals surface area contributed by atoms with Gasteiger partial charge in [0.2, 0.25) is 0 Å². The third kappa shape index (κ3) is 435. The van der Waals surface area contributed by atoms with Crippen LogP contribution in [-0.2, 0) is 0 Å². The minimum atomic E-state index is 0. The molecule has 0 heterocycles. The van der Waals surface area contributed by atoms with Crippen LogP contribution in [0.2, 0.25) is 0 Å². The van der Waals surface area contributed by atoms with Crippen molar-refractivity contribution >= 4 is 17.4 Å². The maximum atomic E-state index is 0. The zero-order valence-electron chi connectivity index (χ0n) is 2.50. The molecule has 0 aliphatic heterocycles. The van der Waals surface area contributed by atoms with Gasteiger partial charge in [0, 0.05) is 0 Å². The standard InChI is InChI=1S/Al.5H2O.3H/h;5*1H2;;;. The second-order valence-corrected chi connectivity index (χ2v) is 0. The van der Waals surface area contributed by atoms with Crippen LogP contribution in [0, 0.1) is 0 Å². The van der Waals surface area contributed by atoms with Crippen LogP contribution in [0.1, 0.15) is 0 Å². The van der Waals surface area contributed by atoms with E-state index in [0.29, 0.717) is 0 Å². The van der Waals surface area contributed by atoms with E-state index in [-0.39, 0.29) is 44.7 Å². The Hall–Kier alpha value is 0.332. The predicted molar refractivity (Wildman–Crippen MR) is 28.0 cm³/mol. The molecule has 0 bridgehead atoms. The minimum absolute atomic E-state index is 0. The zero-order valence-corrected chi connectivity index (χ0v) is 2.50. The van der Waals surface area contributed by atoms with Crippen molar-refractivity contribution in [2.24, 2.45) is 0 Å². The Morgan fingerprint density at radius 1 is 0.333 bits per heavy atom. The quantitative estimate of drug-likeness (QED) is 0.279. The summed E-state index contributed by atoms with van der Waals surface area (Å²) < 4.78 is 0. The molecule has 0 fully saturated rings. The largest absolute Gasteiger partial charge is 0.412 e. The third-order valence-corrected chi connectivity index (χ3v) is 0. The second-order valence-electron chi connectivity index (χ2n) is 0. The Morgan fingerprint density at radius 3 is 0.333 bits per heavy atom. The highest BCUT2D eigenvalue weighted by Gasteiger charge is 0.187. The molecule has 0 saturated carbocycles. The first kappa shape index (κ1) is 1630. The number of rotatable bonds is 0. The van der Waals surface area contributed by atoms with Crippen molar-refractivity contribution in [3.8, 4) is 0 Å². The molecule has 0 radical (unpaired) electrons. The summed E-state index contributed by atoms with van der Waals surface area (Å²) in [6, 6.07) is 0. The van der Waals surface area contributed by atoms with E-state index in [2.05, 4.69) is 0 Å². The molecule has 6 heteroatoms. The van der Waals surface area contributed by atoms with Gasteiger partial charge in [-0.05, 0) is 0 Å². The van der Waals surface area contributed by atoms with Crippen molar-refractivity contribution in [1.82, 2.24) is 0 Å². The molecule has 0 aromatic rings. The van der Waals surface area contributed by atoms with E-state index >= 15 is 0 Å². The van der Waals surface area contributed by atoms with Crippen LogP contribution in [0.5, 0.6) is 0 Å². The summed E-state index contributed by atoms with van der Waals surface area (Å²) in [5.74, 6) is 0. The minimum Gasteiger partial charge on any atom is -0.412 e. The molecule has 0 aliphatic rings. The van der Waals surface area contributed by atoms with E-state index in [9.17, 15) is 0 Å². The normalized spacial score (nSPS) is 0. The summed E-state index contributed by atoms with van der Waals surface area (Å²) in [6.45, 7) is 0. The molecular formula is H13AlO5. The monoisotopic (exact) mass is 120 g/mol. The van der Waals surface area contributed by atoms with Gasteiger partial charge in [0.05, 0.1) is 0 Å². The molecule has 0 rings (SSSR count). The van der Waals surface area contributed by atoms with Crippen LogP contribution in [-0.4, -0.2) is 44.7 Å². The van der Waals surface area contributed by atoms with E-state index in [1.54, 1.807) is 0 Å². The zero-order chi connectivity index (χ0) is 0. The van der Waals surface area contributed by atoms with E-state index in [1.807, 2.05) is 0 Å². The summed E-state index contributed by atoms with van der Waals surface area (Å²) in [5.41, 5.74) is 0. The molecule has 0 aromatic carbocycles. The van der Waals surface area contributed by atoms with Crippen LogP contribution < -0.4 is 0 Å². The Kier molecular flexibility index (Phi) is 246000. The van der Waals surface area contributed by atoms with Gasteiger partial charge in [-0.15, -0.1) is 0 Å². The maximum absolute atomic E-state index is 0. The molecule has 46 valence electrons. The lowest BCUT2D eigenvalue weighted by Crippen LogP contribution is -0.381. The van der Waals surface area contributed by atoms with Crippen molar-refractivity contribution < 1.29 is 27.4 Å². The summed E-state index contributed by atoms with van der Waals surface area (Å²) in [5, 5.41) is 0. The van der Waals surface area contributed by atoms with E-state index in [0.717, 1.165) is 0 Å². The first-order chi connectivity index (χ1) is 0. The second kappa shape index (κ2) is 906. The fourth-order valence-corrected chi connectivity index (χ4v) is 0. The fraction of sp³-hybridized carbons (Fsp3) is 0. The van der Waals surface area contributed by atoms with Crippen LogP contribution in [0.15, 0.2) is 0 Å². The highest BCUT2D eigenvalue weighted by atomic mass is 27.0. The van der Waals surface area contributed by atoms with Crippen LogP contribution in [0.25, 0.3) is 0 Å². The summed E-state index contributed by atoms with van der Waals surface area (Å²) in [4.78, 5) is 0. The van der Waals surface area contributed by atoms with Crippen molar-refractivity contribution in [2.45, 2.75) is 0 Å². The molecule has 0 spiro atoms. The lowest BCUT2D eigenvalue weighted by molar-refractivity contribution is 0.823. The van der Waals surface area contributed by atoms with Crippen molar-refractivity contribution in [2.75, 3.05) is 0 Å². The van der Waals surface area contributed by atoms with Crippen LogP contribution in [0.3, 0.4) is 0 Å². The van der Waals surface area contributed by atoms with Gasteiger partial charge in [-0.25, -0.2) is 0 Å². The summed E-state index contributed by atoms with van der Waals surface area (Å²) in [6.07, 6.45) is 0. The average Bonchev–Trinajstić information content (AvgIpc) is 0. The van der Waals surface area contributed by atoms with Gasteiger partial charge in [-0.2, -0.15) is 0 Å². The molecule has 0 aromatic heterocycles. The number of hydrogen-bond donors (Lipinski definition) is 0. The van der Waals surface area contributed by atoms with Gasteiger partial charge in [0.15, 0.2) is 17.4 Å². The Labute approximate surface area is 45.6 Å². The van der Waals surface area contributed by atoms with Gasteiger partial charge in [0.1, 0.15) is 0 Å². The molecule has 0 aliphatic carbocycles.